The summed E-state index contributed by atoms with van der Waals surface area (Å²) in [7, 11) is 0. The molecule has 0 radical (unpaired) electrons. The molecule has 0 atom stereocenters. The summed E-state index contributed by atoms with van der Waals surface area (Å²) in [4.78, 5) is 10.4. The standard InChI is InChI=1S/C6H6N6O2S/c13-5(14)1-2-12-6(8-9-10-12)4-3-15-11-7-4/h3H,1-2H2,(H,13,14). The first-order valence-corrected chi connectivity index (χ1v) is 4.86. The zero-order chi connectivity index (χ0) is 10.7. The molecule has 0 aliphatic carbocycles. The smallest absolute Gasteiger partial charge is 0.305 e. The third-order valence-corrected chi connectivity index (χ3v) is 2.16. The van der Waals surface area contributed by atoms with Crippen molar-refractivity contribution in [3.63, 3.8) is 0 Å². The fourth-order valence-electron chi connectivity index (χ4n) is 1.00. The maximum absolute atomic E-state index is 10.4. The molecule has 2 heterocycles. The van der Waals surface area contributed by atoms with Gasteiger partial charge in [-0.05, 0) is 22.0 Å². The normalized spacial score (nSPS) is 10.4. The number of carboxylic acid groups (broad SMARTS) is 1. The van der Waals surface area contributed by atoms with Gasteiger partial charge in [-0.2, -0.15) is 0 Å². The van der Waals surface area contributed by atoms with Crippen LogP contribution in [0, 0.1) is 0 Å². The van der Waals surface area contributed by atoms with Gasteiger partial charge in [0.1, 0.15) is 5.69 Å². The molecule has 0 amide bonds. The van der Waals surface area contributed by atoms with Gasteiger partial charge < -0.3 is 5.11 Å². The average molecular weight is 226 g/mol. The highest BCUT2D eigenvalue weighted by Gasteiger charge is 2.12. The largest absolute Gasteiger partial charge is 0.481 e. The molecule has 0 fully saturated rings. The Labute approximate surface area is 87.7 Å². The van der Waals surface area contributed by atoms with Crippen molar-refractivity contribution in [3.05, 3.63) is 5.38 Å². The summed E-state index contributed by atoms with van der Waals surface area (Å²) in [6, 6.07) is 0. The molecule has 0 unspecified atom stereocenters. The summed E-state index contributed by atoms with van der Waals surface area (Å²) in [5.41, 5.74) is 0.551. The van der Waals surface area contributed by atoms with Gasteiger partial charge >= 0.3 is 5.97 Å². The van der Waals surface area contributed by atoms with Crippen molar-refractivity contribution in [3.8, 4) is 11.5 Å². The van der Waals surface area contributed by atoms with Crippen LogP contribution < -0.4 is 0 Å². The van der Waals surface area contributed by atoms with Crippen molar-refractivity contribution >= 4 is 17.5 Å². The molecule has 0 aliphatic heterocycles. The topological polar surface area (TPSA) is 107 Å². The fourth-order valence-corrected chi connectivity index (χ4v) is 1.44. The maximum atomic E-state index is 10.4. The summed E-state index contributed by atoms with van der Waals surface area (Å²) >= 11 is 1.18. The van der Waals surface area contributed by atoms with Crippen molar-refractivity contribution in [1.29, 1.82) is 0 Å². The number of carbonyl (C=O) groups is 1. The molecule has 15 heavy (non-hydrogen) atoms. The van der Waals surface area contributed by atoms with Crippen molar-refractivity contribution in [2.24, 2.45) is 0 Å². The van der Waals surface area contributed by atoms with Crippen LogP contribution in [0.3, 0.4) is 0 Å². The molecule has 0 spiro atoms. The lowest BCUT2D eigenvalue weighted by molar-refractivity contribution is -0.137. The number of aliphatic carboxylic acids is 1. The van der Waals surface area contributed by atoms with Crippen molar-refractivity contribution in [2.45, 2.75) is 13.0 Å². The van der Waals surface area contributed by atoms with Crippen LogP contribution in [0.5, 0.6) is 0 Å². The molecule has 0 saturated carbocycles. The highest BCUT2D eigenvalue weighted by Crippen LogP contribution is 2.13. The number of hydrogen-bond donors (Lipinski definition) is 1. The van der Waals surface area contributed by atoms with E-state index in [0.29, 0.717) is 11.5 Å². The highest BCUT2D eigenvalue weighted by atomic mass is 32.1. The number of carboxylic acids is 1. The Morgan fingerprint density at radius 3 is 3.07 bits per heavy atom. The van der Waals surface area contributed by atoms with E-state index < -0.39 is 5.97 Å². The Morgan fingerprint density at radius 2 is 2.40 bits per heavy atom. The number of aryl methyl sites for hydroxylation is 1. The maximum Gasteiger partial charge on any atom is 0.305 e. The van der Waals surface area contributed by atoms with E-state index in [2.05, 4.69) is 25.1 Å². The van der Waals surface area contributed by atoms with Crippen LogP contribution in [0.1, 0.15) is 6.42 Å². The quantitative estimate of drug-likeness (QED) is 0.760. The van der Waals surface area contributed by atoms with E-state index in [1.54, 1.807) is 5.38 Å². The molecule has 0 saturated heterocycles. The number of tetrazole rings is 1. The lowest BCUT2D eigenvalue weighted by Gasteiger charge is -1.98. The number of nitrogens with zero attached hydrogens (tertiary/aromatic N) is 6. The Balaban J connectivity index is 2.19. The van der Waals surface area contributed by atoms with Gasteiger partial charge in [-0.25, -0.2) is 4.68 Å². The number of rotatable bonds is 4. The summed E-state index contributed by atoms with van der Waals surface area (Å²) < 4.78 is 5.07. The summed E-state index contributed by atoms with van der Waals surface area (Å²) in [6.45, 7) is 0.217. The summed E-state index contributed by atoms with van der Waals surface area (Å²) in [5, 5.41) is 24.9. The van der Waals surface area contributed by atoms with Gasteiger partial charge in [0.05, 0.1) is 13.0 Å². The Hall–Kier alpha value is -1.90. The van der Waals surface area contributed by atoms with Crippen LogP contribution in [0.4, 0.5) is 0 Å². The molecular formula is C6H6N6O2S. The first-order chi connectivity index (χ1) is 7.27. The average Bonchev–Trinajstić information content (AvgIpc) is 2.85. The number of hydrogen-bond acceptors (Lipinski definition) is 7. The van der Waals surface area contributed by atoms with Gasteiger partial charge in [0.2, 0.25) is 5.82 Å². The van der Waals surface area contributed by atoms with Crippen LogP contribution in [-0.4, -0.2) is 40.9 Å². The van der Waals surface area contributed by atoms with E-state index >= 15 is 0 Å². The first kappa shape index (κ1) is 9.65. The molecule has 9 heteroatoms. The molecule has 78 valence electrons. The summed E-state index contributed by atoms with van der Waals surface area (Å²) in [5.74, 6) is -0.460. The van der Waals surface area contributed by atoms with Gasteiger partial charge in [0.15, 0.2) is 0 Å². The van der Waals surface area contributed by atoms with E-state index in [4.69, 9.17) is 5.11 Å². The van der Waals surface area contributed by atoms with Crippen LogP contribution in [0.25, 0.3) is 11.5 Å². The van der Waals surface area contributed by atoms with Gasteiger partial charge in [-0.3, -0.25) is 4.79 Å². The monoisotopic (exact) mass is 226 g/mol. The third-order valence-electron chi connectivity index (χ3n) is 1.66. The minimum atomic E-state index is -0.896. The lowest BCUT2D eigenvalue weighted by atomic mass is 10.4. The van der Waals surface area contributed by atoms with E-state index in [-0.39, 0.29) is 13.0 Å². The molecular weight excluding hydrogens is 220 g/mol. The fraction of sp³-hybridized carbons (Fsp3) is 0.333. The van der Waals surface area contributed by atoms with E-state index in [1.165, 1.54) is 16.2 Å². The predicted molar refractivity (Wildman–Crippen MR) is 49.0 cm³/mol. The minimum absolute atomic E-state index is 0.0321. The molecule has 8 nitrogen and oxygen atoms in total. The molecule has 2 rings (SSSR count). The zero-order valence-electron chi connectivity index (χ0n) is 7.44. The van der Waals surface area contributed by atoms with Crippen LogP contribution in [0.15, 0.2) is 5.38 Å². The molecule has 0 aliphatic rings. The highest BCUT2D eigenvalue weighted by molar-refractivity contribution is 7.03. The molecule has 1 N–H and O–H groups in total. The van der Waals surface area contributed by atoms with E-state index in [1.807, 2.05) is 0 Å². The predicted octanol–water partition coefficient (Wildman–Crippen LogP) is -0.334. The minimum Gasteiger partial charge on any atom is -0.481 e. The third kappa shape index (κ3) is 2.13. The van der Waals surface area contributed by atoms with Crippen molar-refractivity contribution in [2.75, 3.05) is 0 Å². The van der Waals surface area contributed by atoms with Crippen LogP contribution in [0.2, 0.25) is 0 Å². The van der Waals surface area contributed by atoms with E-state index in [9.17, 15) is 4.79 Å². The van der Waals surface area contributed by atoms with E-state index in [0.717, 1.165) is 0 Å². The van der Waals surface area contributed by atoms with Gasteiger partial charge in [0.25, 0.3) is 0 Å². The van der Waals surface area contributed by atoms with Gasteiger partial charge in [-0.15, -0.1) is 10.2 Å². The molecule has 0 aromatic carbocycles. The second-order valence-electron chi connectivity index (χ2n) is 2.66. The van der Waals surface area contributed by atoms with Crippen LogP contribution >= 0.6 is 11.5 Å². The number of aromatic nitrogens is 6. The molecule has 0 bridgehead atoms. The van der Waals surface area contributed by atoms with Crippen molar-refractivity contribution < 1.29 is 9.90 Å². The van der Waals surface area contributed by atoms with Crippen molar-refractivity contribution in [1.82, 2.24) is 29.8 Å². The second kappa shape index (κ2) is 4.09. The zero-order valence-corrected chi connectivity index (χ0v) is 8.26. The van der Waals surface area contributed by atoms with Gasteiger partial charge in [-0.1, -0.05) is 4.49 Å². The van der Waals surface area contributed by atoms with Gasteiger partial charge in [0, 0.05) is 5.38 Å². The van der Waals surface area contributed by atoms with Crippen LogP contribution in [-0.2, 0) is 11.3 Å². The lowest BCUT2D eigenvalue weighted by Crippen LogP contribution is -2.07. The molecule has 2 aromatic rings. The Kier molecular flexibility index (Phi) is 2.63. The first-order valence-electron chi connectivity index (χ1n) is 4.03. The Morgan fingerprint density at radius 1 is 1.53 bits per heavy atom. The summed E-state index contributed by atoms with van der Waals surface area (Å²) in [6.07, 6.45) is -0.0321. The molecule has 2 aromatic heterocycles. The second-order valence-corrected chi connectivity index (χ2v) is 3.27. The Bertz CT molecular complexity index is 452. The SMILES string of the molecule is O=C(O)CCn1nnnc1-c1csnn1.